The van der Waals surface area contributed by atoms with Crippen LogP contribution in [0.15, 0.2) is 12.3 Å². The van der Waals surface area contributed by atoms with E-state index in [1.165, 1.54) is 0 Å². The summed E-state index contributed by atoms with van der Waals surface area (Å²) in [5, 5.41) is 8.87. The summed E-state index contributed by atoms with van der Waals surface area (Å²) in [6.45, 7) is 9.40. The van der Waals surface area contributed by atoms with E-state index in [0.717, 1.165) is 31.0 Å². The average molecular weight is 316 g/mol. The molecule has 23 heavy (non-hydrogen) atoms. The van der Waals surface area contributed by atoms with Gasteiger partial charge in [0.15, 0.2) is 0 Å². The minimum absolute atomic E-state index is 0.00332. The van der Waals surface area contributed by atoms with Crippen molar-refractivity contribution in [3.8, 4) is 0 Å². The Morgan fingerprint density at radius 2 is 2.09 bits per heavy atom. The van der Waals surface area contributed by atoms with Crippen molar-refractivity contribution in [2.24, 2.45) is 0 Å². The number of carbonyl (C=O) groups excluding carboxylic acids is 1. The third-order valence-electron chi connectivity index (χ3n) is 4.29. The highest BCUT2D eigenvalue weighted by Gasteiger charge is 2.28. The van der Waals surface area contributed by atoms with Gasteiger partial charge in [-0.15, -0.1) is 0 Å². The van der Waals surface area contributed by atoms with Crippen molar-refractivity contribution in [3.05, 3.63) is 29.6 Å². The van der Waals surface area contributed by atoms with Gasteiger partial charge in [0.1, 0.15) is 17.3 Å². The maximum atomic E-state index is 12.7. The van der Waals surface area contributed by atoms with Gasteiger partial charge in [0.05, 0.1) is 6.04 Å². The lowest BCUT2D eigenvalue weighted by Gasteiger charge is -2.32. The second kappa shape index (κ2) is 6.14. The van der Waals surface area contributed by atoms with E-state index >= 15 is 0 Å². The van der Waals surface area contributed by atoms with Crippen LogP contribution >= 0.6 is 0 Å². The molecule has 3 heterocycles. The molecule has 0 N–H and O–H groups in total. The number of rotatable bonds is 3. The third-order valence-corrected chi connectivity index (χ3v) is 4.29. The molecule has 1 fully saturated rings. The van der Waals surface area contributed by atoms with Gasteiger partial charge in [-0.05, 0) is 46.6 Å². The lowest BCUT2D eigenvalue weighted by atomic mass is 10.1. The zero-order valence-corrected chi connectivity index (χ0v) is 14.2. The van der Waals surface area contributed by atoms with Gasteiger partial charge in [-0.25, -0.2) is 9.67 Å². The maximum absolute atomic E-state index is 12.7. The van der Waals surface area contributed by atoms with Gasteiger partial charge in [0, 0.05) is 25.3 Å². The van der Waals surface area contributed by atoms with E-state index in [2.05, 4.69) is 15.2 Å². The summed E-state index contributed by atoms with van der Waals surface area (Å²) in [6, 6.07) is 2.25. The van der Waals surface area contributed by atoms with Crippen LogP contribution < -0.4 is 0 Å². The summed E-state index contributed by atoms with van der Waals surface area (Å²) in [5.74, 6) is 1.69. The van der Waals surface area contributed by atoms with Crippen LogP contribution in [0.3, 0.4) is 0 Å². The molecule has 0 radical (unpaired) electrons. The number of likely N-dealkylation sites (tertiary alicyclic amines) is 1. The van der Waals surface area contributed by atoms with Crippen LogP contribution in [0.2, 0.25) is 0 Å². The third kappa shape index (κ3) is 3.13. The lowest BCUT2D eigenvalue weighted by molar-refractivity contribution is 0.0664. The molecule has 0 aliphatic carbocycles. The van der Waals surface area contributed by atoms with Crippen molar-refractivity contribution in [3.63, 3.8) is 0 Å². The van der Waals surface area contributed by atoms with Crippen LogP contribution in [0.1, 0.15) is 60.9 Å². The first-order chi connectivity index (χ1) is 11.0. The van der Waals surface area contributed by atoms with Crippen molar-refractivity contribution >= 4 is 5.91 Å². The summed E-state index contributed by atoms with van der Waals surface area (Å²) in [7, 11) is 0. The largest absolute Gasteiger partial charge is 0.335 e. The second-order valence-corrected chi connectivity index (χ2v) is 6.47. The Balaban J connectivity index is 1.75. The number of nitrogens with zero attached hydrogens (tertiary/aromatic N) is 6. The van der Waals surface area contributed by atoms with E-state index in [1.807, 2.05) is 48.2 Å². The monoisotopic (exact) mass is 316 g/mol. The van der Waals surface area contributed by atoms with E-state index in [1.54, 1.807) is 6.07 Å². The molecule has 0 unspecified atom stereocenters. The number of hydrogen-bond acceptors (Lipinski definition) is 4. The Labute approximate surface area is 136 Å². The minimum Gasteiger partial charge on any atom is -0.335 e. The van der Waals surface area contributed by atoms with Crippen molar-refractivity contribution in [2.45, 2.75) is 52.6 Å². The number of hydrogen-bond donors (Lipinski definition) is 0. The van der Waals surface area contributed by atoms with Crippen LogP contribution in [-0.4, -0.2) is 48.4 Å². The Bertz CT molecular complexity index is 701. The van der Waals surface area contributed by atoms with Gasteiger partial charge in [-0.2, -0.15) is 10.2 Å². The Kier molecular flexibility index (Phi) is 4.19. The van der Waals surface area contributed by atoms with Gasteiger partial charge < -0.3 is 4.90 Å². The number of carbonyl (C=O) groups is 1. The van der Waals surface area contributed by atoms with E-state index in [-0.39, 0.29) is 18.0 Å². The molecule has 0 spiro atoms. The fourth-order valence-electron chi connectivity index (χ4n) is 3.12. The van der Waals surface area contributed by atoms with Crippen molar-refractivity contribution in [1.29, 1.82) is 0 Å². The second-order valence-electron chi connectivity index (χ2n) is 6.47. The van der Waals surface area contributed by atoms with Gasteiger partial charge in [0.25, 0.3) is 5.91 Å². The highest BCUT2D eigenvalue weighted by molar-refractivity contribution is 5.92. The van der Waals surface area contributed by atoms with Crippen molar-refractivity contribution < 1.29 is 4.79 Å². The van der Waals surface area contributed by atoms with E-state index in [4.69, 9.17) is 0 Å². The number of aromatic nitrogens is 5. The standard InChI is InChI=1S/C16H24N6O/c1-11(2)21-9-7-15(19-21)16(23)20-8-5-6-14(10-20)22-13(4)17-12(3)18-22/h7,9,11,14H,5-6,8,10H2,1-4H3/t14-/m0/s1. The topological polar surface area (TPSA) is 68.8 Å². The van der Waals surface area contributed by atoms with E-state index < -0.39 is 0 Å². The zero-order chi connectivity index (χ0) is 16.6. The van der Waals surface area contributed by atoms with Gasteiger partial charge in [-0.3, -0.25) is 9.48 Å². The molecule has 0 saturated carbocycles. The lowest BCUT2D eigenvalue weighted by Crippen LogP contribution is -2.41. The predicted octanol–water partition coefficient (Wildman–Crippen LogP) is 2.15. The summed E-state index contributed by atoms with van der Waals surface area (Å²) in [5.41, 5.74) is 0.519. The summed E-state index contributed by atoms with van der Waals surface area (Å²) in [6.07, 6.45) is 3.86. The van der Waals surface area contributed by atoms with Crippen LogP contribution in [0.25, 0.3) is 0 Å². The first-order valence-corrected chi connectivity index (χ1v) is 8.20. The molecule has 1 aliphatic heterocycles. The predicted molar refractivity (Wildman–Crippen MR) is 86.3 cm³/mol. The molecule has 2 aromatic rings. The molecular formula is C16H24N6O. The first-order valence-electron chi connectivity index (χ1n) is 8.20. The van der Waals surface area contributed by atoms with Crippen LogP contribution in [0.4, 0.5) is 0 Å². The minimum atomic E-state index is 0.00332. The number of amides is 1. The Morgan fingerprint density at radius 1 is 1.30 bits per heavy atom. The molecule has 1 atom stereocenters. The molecule has 7 nitrogen and oxygen atoms in total. The Morgan fingerprint density at radius 3 is 2.70 bits per heavy atom. The highest BCUT2D eigenvalue weighted by atomic mass is 16.2. The molecule has 1 saturated heterocycles. The smallest absolute Gasteiger partial charge is 0.274 e. The molecule has 124 valence electrons. The van der Waals surface area contributed by atoms with Crippen LogP contribution in [0.5, 0.6) is 0 Å². The van der Waals surface area contributed by atoms with Crippen LogP contribution in [-0.2, 0) is 0 Å². The van der Waals surface area contributed by atoms with E-state index in [9.17, 15) is 4.79 Å². The molecule has 0 aromatic carbocycles. The molecule has 7 heteroatoms. The normalized spacial score (nSPS) is 18.7. The molecule has 1 amide bonds. The first kappa shape index (κ1) is 15.7. The quantitative estimate of drug-likeness (QED) is 0.870. The SMILES string of the molecule is Cc1nc(C)n([C@H]2CCCN(C(=O)c3ccn(C(C)C)n3)C2)n1. The zero-order valence-electron chi connectivity index (χ0n) is 14.2. The number of aryl methyl sites for hydroxylation is 2. The summed E-state index contributed by atoms with van der Waals surface area (Å²) < 4.78 is 3.78. The van der Waals surface area contributed by atoms with Crippen molar-refractivity contribution in [1.82, 2.24) is 29.4 Å². The summed E-state index contributed by atoms with van der Waals surface area (Å²) >= 11 is 0. The van der Waals surface area contributed by atoms with Crippen LogP contribution in [0, 0.1) is 13.8 Å². The van der Waals surface area contributed by atoms with E-state index in [0.29, 0.717) is 12.2 Å². The van der Waals surface area contributed by atoms with Crippen molar-refractivity contribution in [2.75, 3.05) is 13.1 Å². The highest BCUT2D eigenvalue weighted by Crippen LogP contribution is 2.23. The molecular weight excluding hydrogens is 292 g/mol. The van der Waals surface area contributed by atoms with Gasteiger partial charge >= 0.3 is 0 Å². The fraction of sp³-hybridized carbons (Fsp3) is 0.625. The molecule has 3 rings (SSSR count). The van der Waals surface area contributed by atoms with Gasteiger partial charge in [0.2, 0.25) is 0 Å². The summed E-state index contributed by atoms with van der Waals surface area (Å²) in [4.78, 5) is 19.0. The average Bonchev–Trinajstić information content (AvgIpc) is 3.13. The maximum Gasteiger partial charge on any atom is 0.274 e. The van der Waals surface area contributed by atoms with Gasteiger partial charge in [-0.1, -0.05) is 0 Å². The fourth-order valence-corrected chi connectivity index (χ4v) is 3.12. The molecule has 2 aromatic heterocycles. The Hall–Kier alpha value is -2.18. The molecule has 1 aliphatic rings. The molecule has 0 bridgehead atoms. The number of piperidine rings is 1.